The maximum atomic E-state index is 12.1. The molecule has 0 saturated carbocycles. The molecule has 0 bridgehead atoms. The Morgan fingerprint density at radius 1 is 1.39 bits per heavy atom. The molecule has 4 nitrogen and oxygen atoms in total. The number of ether oxygens (including phenoxy) is 1. The summed E-state index contributed by atoms with van der Waals surface area (Å²) in [5.41, 5.74) is 1.79. The lowest BCUT2D eigenvalue weighted by Crippen LogP contribution is -2.27. The van der Waals surface area contributed by atoms with E-state index >= 15 is 0 Å². The van der Waals surface area contributed by atoms with E-state index in [1.165, 1.54) is 35.2 Å². The Morgan fingerprint density at radius 2 is 2.09 bits per heavy atom. The second-order valence-corrected chi connectivity index (χ2v) is 6.90. The number of nitrogens with zero attached hydrogens (tertiary/aromatic N) is 2. The summed E-state index contributed by atoms with van der Waals surface area (Å²) in [6, 6.07) is 6.26. The van der Waals surface area contributed by atoms with E-state index in [1.807, 2.05) is 12.3 Å². The largest absolute Gasteiger partial charge is 0.435 e. The Hall–Kier alpha value is -1.67. The van der Waals surface area contributed by atoms with Crippen LogP contribution in [0.2, 0.25) is 0 Å². The van der Waals surface area contributed by atoms with E-state index in [2.05, 4.69) is 9.72 Å². The molecule has 0 saturated heterocycles. The van der Waals surface area contributed by atoms with Gasteiger partial charge in [0.05, 0.1) is 5.75 Å². The van der Waals surface area contributed by atoms with E-state index in [0.717, 1.165) is 15.6 Å². The van der Waals surface area contributed by atoms with Crippen molar-refractivity contribution in [2.45, 2.75) is 24.4 Å². The number of rotatable bonds is 7. The molecule has 0 aliphatic rings. The second kappa shape index (κ2) is 8.26. The molecule has 8 heteroatoms. The van der Waals surface area contributed by atoms with Gasteiger partial charge in [-0.3, -0.25) is 4.79 Å². The minimum Gasteiger partial charge on any atom is -0.435 e. The predicted molar refractivity (Wildman–Crippen MR) is 87.1 cm³/mol. The third-order valence-corrected chi connectivity index (χ3v) is 5.03. The number of aryl methyl sites for hydroxylation is 1. The first-order valence-corrected chi connectivity index (χ1v) is 8.63. The summed E-state index contributed by atoms with van der Waals surface area (Å²) in [6.45, 7) is -0.516. The van der Waals surface area contributed by atoms with Crippen LogP contribution in [0, 0.1) is 6.92 Å². The summed E-state index contributed by atoms with van der Waals surface area (Å²) in [5.74, 6) is 0.402. The molecular formula is C15H16F2N2O2S2. The van der Waals surface area contributed by atoms with Crippen LogP contribution in [0.25, 0.3) is 0 Å². The van der Waals surface area contributed by atoms with Crippen LogP contribution in [-0.2, 0) is 11.3 Å². The van der Waals surface area contributed by atoms with Crippen molar-refractivity contribution in [1.29, 1.82) is 0 Å². The predicted octanol–water partition coefficient (Wildman–Crippen LogP) is 3.80. The molecule has 1 heterocycles. The third kappa shape index (κ3) is 5.80. The number of amides is 1. The number of hydrogen-bond acceptors (Lipinski definition) is 5. The summed E-state index contributed by atoms with van der Waals surface area (Å²) in [5, 5.41) is 1.94. The number of alkyl halides is 2. The number of thiazole rings is 1. The zero-order chi connectivity index (χ0) is 16.8. The fourth-order valence-corrected chi connectivity index (χ4v) is 3.56. The lowest BCUT2D eigenvalue weighted by molar-refractivity contribution is -0.127. The SMILES string of the molecule is Cc1csc(SCC(=O)N(C)Cc2ccc(OC(F)F)cc2)n1. The second-order valence-electron chi connectivity index (χ2n) is 4.82. The van der Waals surface area contributed by atoms with Gasteiger partial charge in [0.1, 0.15) is 5.75 Å². The zero-order valence-corrected chi connectivity index (χ0v) is 14.3. The van der Waals surface area contributed by atoms with Gasteiger partial charge < -0.3 is 9.64 Å². The normalized spacial score (nSPS) is 10.8. The van der Waals surface area contributed by atoms with Crippen molar-refractivity contribution in [3.63, 3.8) is 0 Å². The number of aromatic nitrogens is 1. The molecule has 2 rings (SSSR count). The lowest BCUT2D eigenvalue weighted by Gasteiger charge is -2.17. The summed E-state index contributed by atoms with van der Waals surface area (Å²) in [7, 11) is 1.71. The monoisotopic (exact) mass is 358 g/mol. The van der Waals surface area contributed by atoms with Crippen LogP contribution in [0.4, 0.5) is 8.78 Å². The first kappa shape index (κ1) is 17.7. The number of halogens is 2. The Bertz CT molecular complexity index is 647. The van der Waals surface area contributed by atoms with E-state index in [9.17, 15) is 13.6 Å². The van der Waals surface area contributed by atoms with Gasteiger partial charge in [-0.2, -0.15) is 8.78 Å². The van der Waals surface area contributed by atoms with Gasteiger partial charge in [0, 0.05) is 24.7 Å². The summed E-state index contributed by atoms with van der Waals surface area (Å²) < 4.78 is 29.3. The number of carbonyl (C=O) groups excluding carboxylic acids is 1. The molecule has 1 aromatic carbocycles. The molecule has 0 atom stereocenters. The maximum Gasteiger partial charge on any atom is 0.387 e. The summed E-state index contributed by atoms with van der Waals surface area (Å²) in [6.07, 6.45) is 0. The van der Waals surface area contributed by atoms with Crippen LogP contribution < -0.4 is 4.74 Å². The lowest BCUT2D eigenvalue weighted by atomic mass is 10.2. The van der Waals surface area contributed by atoms with Crippen molar-refractivity contribution < 1.29 is 18.3 Å². The first-order valence-electron chi connectivity index (χ1n) is 6.76. The Kier molecular flexibility index (Phi) is 6.35. The van der Waals surface area contributed by atoms with Gasteiger partial charge in [-0.05, 0) is 24.6 Å². The van der Waals surface area contributed by atoms with Gasteiger partial charge in [-0.1, -0.05) is 23.9 Å². The number of thioether (sulfide) groups is 1. The molecule has 124 valence electrons. The van der Waals surface area contributed by atoms with E-state index in [-0.39, 0.29) is 11.7 Å². The summed E-state index contributed by atoms with van der Waals surface area (Å²) >= 11 is 2.93. The van der Waals surface area contributed by atoms with Crippen LogP contribution in [0.5, 0.6) is 5.75 Å². The van der Waals surface area contributed by atoms with Gasteiger partial charge in [0.2, 0.25) is 5.91 Å². The topological polar surface area (TPSA) is 42.4 Å². The van der Waals surface area contributed by atoms with Crippen molar-refractivity contribution in [3.8, 4) is 5.75 Å². The number of hydrogen-bond donors (Lipinski definition) is 0. The highest BCUT2D eigenvalue weighted by molar-refractivity contribution is 8.01. The summed E-state index contributed by atoms with van der Waals surface area (Å²) in [4.78, 5) is 18.0. The molecular weight excluding hydrogens is 342 g/mol. The van der Waals surface area contributed by atoms with Gasteiger partial charge in [-0.25, -0.2) is 4.98 Å². The van der Waals surface area contributed by atoms with Gasteiger partial charge in [0.15, 0.2) is 4.34 Å². The maximum absolute atomic E-state index is 12.1. The minimum absolute atomic E-state index is 0.0178. The quantitative estimate of drug-likeness (QED) is 0.706. The molecule has 0 aliphatic carbocycles. The van der Waals surface area contributed by atoms with Crippen molar-refractivity contribution in [1.82, 2.24) is 9.88 Å². The van der Waals surface area contributed by atoms with Crippen molar-refractivity contribution in [3.05, 3.63) is 40.9 Å². The van der Waals surface area contributed by atoms with Gasteiger partial charge in [0.25, 0.3) is 0 Å². The smallest absolute Gasteiger partial charge is 0.387 e. The van der Waals surface area contributed by atoms with Crippen molar-refractivity contribution >= 4 is 29.0 Å². The van der Waals surface area contributed by atoms with Gasteiger partial charge in [-0.15, -0.1) is 11.3 Å². The molecule has 0 fully saturated rings. The van der Waals surface area contributed by atoms with Crippen molar-refractivity contribution in [2.24, 2.45) is 0 Å². The highest BCUT2D eigenvalue weighted by atomic mass is 32.2. The molecule has 1 aromatic heterocycles. The fraction of sp³-hybridized carbons (Fsp3) is 0.333. The Labute approximate surface area is 141 Å². The molecule has 2 aromatic rings. The highest BCUT2D eigenvalue weighted by Crippen LogP contribution is 2.22. The molecule has 0 spiro atoms. The van der Waals surface area contributed by atoms with Crippen LogP contribution in [0.1, 0.15) is 11.3 Å². The Morgan fingerprint density at radius 3 is 2.65 bits per heavy atom. The van der Waals surface area contributed by atoms with E-state index in [0.29, 0.717) is 12.3 Å². The molecule has 0 aliphatic heterocycles. The number of carbonyl (C=O) groups is 1. The average Bonchev–Trinajstić information content (AvgIpc) is 2.92. The van der Waals surface area contributed by atoms with Crippen LogP contribution >= 0.6 is 23.1 Å². The minimum atomic E-state index is -2.84. The number of benzene rings is 1. The highest BCUT2D eigenvalue weighted by Gasteiger charge is 2.12. The first-order chi connectivity index (χ1) is 10.9. The van der Waals surface area contributed by atoms with E-state index < -0.39 is 6.61 Å². The van der Waals surface area contributed by atoms with Crippen LogP contribution in [-0.4, -0.2) is 35.2 Å². The molecule has 0 N–H and O–H groups in total. The molecule has 0 unspecified atom stereocenters. The molecule has 0 radical (unpaired) electrons. The standard InChI is InChI=1S/C15H16F2N2O2S2/c1-10-8-22-15(18-10)23-9-13(20)19(2)7-11-3-5-12(6-4-11)21-14(16)17/h3-6,8,14H,7,9H2,1-2H3. The van der Waals surface area contributed by atoms with Crippen molar-refractivity contribution in [2.75, 3.05) is 12.8 Å². The average molecular weight is 358 g/mol. The Balaban J connectivity index is 1.82. The molecule has 1 amide bonds. The zero-order valence-electron chi connectivity index (χ0n) is 12.7. The molecule has 23 heavy (non-hydrogen) atoms. The third-order valence-electron chi connectivity index (χ3n) is 2.91. The fourth-order valence-electron chi connectivity index (χ4n) is 1.77. The van der Waals surface area contributed by atoms with Crippen LogP contribution in [0.3, 0.4) is 0 Å². The van der Waals surface area contributed by atoms with E-state index in [1.54, 1.807) is 24.1 Å². The van der Waals surface area contributed by atoms with E-state index in [4.69, 9.17) is 0 Å². The van der Waals surface area contributed by atoms with Crippen LogP contribution in [0.15, 0.2) is 34.0 Å². The van der Waals surface area contributed by atoms with Gasteiger partial charge >= 0.3 is 6.61 Å².